The smallest absolute Gasteiger partial charge is 0.232 e. The third-order valence-electron chi connectivity index (χ3n) is 3.30. The van der Waals surface area contributed by atoms with E-state index in [2.05, 4.69) is 20.3 Å². The molecule has 8 heteroatoms. The summed E-state index contributed by atoms with van der Waals surface area (Å²) in [6.45, 7) is 1.97. The third kappa shape index (κ3) is 4.75. The molecule has 3 aromatic rings. The molecule has 1 N–H and O–H groups in total. The van der Waals surface area contributed by atoms with Gasteiger partial charge in [-0.15, -0.1) is 0 Å². The molecule has 1 aromatic heterocycles. The minimum absolute atomic E-state index is 0.119. The van der Waals surface area contributed by atoms with Gasteiger partial charge in [-0.05, 0) is 72.2 Å². The van der Waals surface area contributed by atoms with E-state index < -0.39 is 0 Å². The Balaban J connectivity index is 1.83. The van der Waals surface area contributed by atoms with Crippen molar-refractivity contribution in [2.75, 3.05) is 12.4 Å². The van der Waals surface area contributed by atoms with Crippen LogP contribution in [0.2, 0.25) is 10.3 Å². The maximum absolute atomic E-state index is 6.04. The molecule has 0 radical (unpaired) electrons. The van der Waals surface area contributed by atoms with Gasteiger partial charge in [0.2, 0.25) is 11.2 Å². The van der Waals surface area contributed by atoms with E-state index in [1.807, 2.05) is 49.4 Å². The van der Waals surface area contributed by atoms with Gasteiger partial charge in [-0.3, -0.25) is 0 Å². The number of rotatable bonds is 5. The van der Waals surface area contributed by atoms with Crippen molar-refractivity contribution in [1.82, 2.24) is 15.0 Å². The average Bonchev–Trinajstić information content (AvgIpc) is 2.58. The number of nitrogens with zero attached hydrogens (tertiary/aromatic N) is 3. The first-order chi connectivity index (χ1) is 12.0. The largest absolute Gasteiger partial charge is 0.497 e. The van der Waals surface area contributed by atoms with Crippen LogP contribution >= 0.6 is 35.0 Å². The second kappa shape index (κ2) is 7.91. The number of methoxy groups -OCH3 is 1. The lowest BCUT2D eigenvalue weighted by molar-refractivity contribution is 0.414. The van der Waals surface area contributed by atoms with Gasteiger partial charge in [-0.25, -0.2) is 0 Å². The number of aryl methyl sites for hydroxylation is 1. The Hall–Kier alpha value is -2.02. The predicted octanol–water partition coefficient (Wildman–Crippen LogP) is 5.39. The second-order valence-electron chi connectivity index (χ2n) is 5.07. The maximum Gasteiger partial charge on any atom is 0.232 e. The van der Waals surface area contributed by atoms with E-state index in [4.69, 9.17) is 27.9 Å². The highest BCUT2D eigenvalue weighted by Crippen LogP contribution is 2.29. The van der Waals surface area contributed by atoms with Crippen molar-refractivity contribution in [3.63, 3.8) is 0 Å². The van der Waals surface area contributed by atoms with Gasteiger partial charge in [0, 0.05) is 15.6 Å². The van der Waals surface area contributed by atoms with Crippen LogP contribution in [0.25, 0.3) is 0 Å². The topological polar surface area (TPSA) is 59.9 Å². The minimum Gasteiger partial charge on any atom is -0.497 e. The quantitative estimate of drug-likeness (QED) is 0.627. The van der Waals surface area contributed by atoms with Crippen LogP contribution in [0, 0.1) is 6.92 Å². The fourth-order valence-corrected chi connectivity index (χ4v) is 3.16. The summed E-state index contributed by atoms with van der Waals surface area (Å²) in [6.07, 6.45) is 0. The standard InChI is InChI=1S/C17H14Cl2N4OS/c1-10-3-4-11(18)9-14(10)20-16-21-15(19)22-17(23-16)25-13-7-5-12(24-2)6-8-13/h3-9H,1-2H3,(H,20,21,22,23). The first kappa shape index (κ1) is 17.8. The number of ether oxygens (including phenoxy) is 1. The predicted molar refractivity (Wildman–Crippen MR) is 101 cm³/mol. The van der Waals surface area contributed by atoms with Crippen LogP contribution < -0.4 is 10.1 Å². The van der Waals surface area contributed by atoms with Crippen molar-refractivity contribution < 1.29 is 4.74 Å². The molecule has 0 saturated heterocycles. The summed E-state index contributed by atoms with van der Waals surface area (Å²) in [5.41, 5.74) is 1.83. The van der Waals surface area contributed by atoms with Gasteiger partial charge >= 0.3 is 0 Å². The van der Waals surface area contributed by atoms with Crippen molar-refractivity contribution >= 4 is 46.6 Å². The zero-order chi connectivity index (χ0) is 17.8. The number of anilines is 2. The molecule has 0 amide bonds. The Kier molecular flexibility index (Phi) is 5.63. The molecular weight excluding hydrogens is 379 g/mol. The van der Waals surface area contributed by atoms with Crippen molar-refractivity contribution in [1.29, 1.82) is 0 Å². The molecule has 0 aliphatic heterocycles. The highest BCUT2D eigenvalue weighted by atomic mass is 35.5. The van der Waals surface area contributed by atoms with Crippen LogP contribution in [0.1, 0.15) is 5.56 Å². The number of benzene rings is 2. The summed E-state index contributed by atoms with van der Waals surface area (Å²) < 4.78 is 5.15. The van der Waals surface area contributed by atoms with Crippen LogP contribution in [-0.2, 0) is 0 Å². The van der Waals surface area contributed by atoms with Gasteiger partial charge in [-0.2, -0.15) is 15.0 Å². The monoisotopic (exact) mass is 392 g/mol. The van der Waals surface area contributed by atoms with Crippen LogP contribution in [0.5, 0.6) is 5.75 Å². The Bertz CT molecular complexity index is 890. The molecule has 0 bridgehead atoms. The number of halogens is 2. The van der Waals surface area contributed by atoms with Gasteiger partial charge in [0.05, 0.1) is 7.11 Å². The van der Waals surface area contributed by atoms with E-state index in [1.54, 1.807) is 7.11 Å². The van der Waals surface area contributed by atoms with Crippen LogP contribution in [0.3, 0.4) is 0 Å². The molecule has 0 unspecified atom stereocenters. The molecule has 5 nitrogen and oxygen atoms in total. The fourth-order valence-electron chi connectivity index (χ4n) is 2.03. The van der Waals surface area contributed by atoms with E-state index in [-0.39, 0.29) is 5.28 Å². The lowest BCUT2D eigenvalue weighted by Gasteiger charge is -2.09. The number of hydrogen-bond donors (Lipinski definition) is 1. The van der Waals surface area contributed by atoms with E-state index in [9.17, 15) is 0 Å². The van der Waals surface area contributed by atoms with Crippen molar-refractivity contribution in [3.05, 3.63) is 58.3 Å². The lowest BCUT2D eigenvalue weighted by Crippen LogP contribution is -2.02. The zero-order valence-corrected chi connectivity index (χ0v) is 15.8. The first-order valence-electron chi connectivity index (χ1n) is 7.30. The Morgan fingerprint density at radius 1 is 1.00 bits per heavy atom. The van der Waals surface area contributed by atoms with Gasteiger partial charge in [-0.1, -0.05) is 17.7 Å². The summed E-state index contributed by atoms with van der Waals surface area (Å²) in [5, 5.41) is 4.37. The molecule has 128 valence electrons. The number of hydrogen-bond acceptors (Lipinski definition) is 6. The van der Waals surface area contributed by atoms with Crippen molar-refractivity contribution in [3.8, 4) is 5.75 Å². The highest BCUT2D eigenvalue weighted by Gasteiger charge is 2.09. The van der Waals surface area contributed by atoms with E-state index in [0.29, 0.717) is 16.1 Å². The van der Waals surface area contributed by atoms with Crippen LogP contribution in [-0.4, -0.2) is 22.1 Å². The summed E-state index contributed by atoms with van der Waals surface area (Å²) in [7, 11) is 1.63. The zero-order valence-electron chi connectivity index (χ0n) is 13.5. The summed E-state index contributed by atoms with van der Waals surface area (Å²) in [4.78, 5) is 13.7. The summed E-state index contributed by atoms with van der Waals surface area (Å²) in [6, 6.07) is 13.2. The minimum atomic E-state index is 0.119. The molecule has 2 aromatic carbocycles. The molecule has 0 fully saturated rings. The number of nitrogens with one attached hydrogen (secondary N) is 1. The number of aromatic nitrogens is 3. The molecule has 25 heavy (non-hydrogen) atoms. The molecule has 0 atom stereocenters. The molecule has 0 spiro atoms. The van der Waals surface area contributed by atoms with E-state index in [0.717, 1.165) is 21.9 Å². The third-order valence-corrected chi connectivity index (χ3v) is 4.58. The molecule has 3 rings (SSSR count). The van der Waals surface area contributed by atoms with Gasteiger partial charge in [0.15, 0.2) is 5.16 Å². The SMILES string of the molecule is COc1ccc(Sc2nc(Cl)nc(Nc3cc(Cl)ccc3C)n2)cc1. The average molecular weight is 393 g/mol. The van der Waals surface area contributed by atoms with E-state index >= 15 is 0 Å². The normalized spacial score (nSPS) is 10.6. The van der Waals surface area contributed by atoms with Gasteiger partial charge in [0.1, 0.15) is 5.75 Å². The first-order valence-corrected chi connectivity index (χ1v) is 8.87. The Morgan fingerprint density at radius 2 is 1.76 bits per heavy atom. The molecular formula is C17H14Cl2N4OS. The van der Waals surface area contributed by atoms with Gasteiger partial charge < -0.3 is 10.1 Å². The van der Waals surface area contributed by atoms with Crippen LogP contribution in [0.15, 0.2) is 52.5 Å². The Labute approximate surface area is 159 Å². The molecule has 0 saturated carbocycles. The van der Waals surface area contributed by atoms with E-state index in [1.165, 1.54) is 11.8 Å². The molecule has 1 heterocycles. The van der Waals surface area contributed by atoms with Gasteiger partial charge in [0.25, 0.3) is 0 Å². The Morgan fingerprint density at radius 3 is 2.48 bits per heavy atom. The summed E-state index contributed by atoms with van der Waals surface area (Å²) in [5.74, 6) is 1.15. The summed E-state index contributed by atoms with van der Waals surface area (Å²) >= 11 is 13.5. The maximum atomic E-state index is 6.04. The lowest BCUT2D eigenvalue weighted by atomic mass is 10.2. The molecule has 0 aliphatic rings. The van der Waals surface area contributed by atoms with Crippen LogP contribution in [0.4, 0.5) is 11.6 Å². The highest BCUT2D eigenvalue weighted by molar-refractivity contribution is 7.99. The second-order valence-corrected chi connectivity index (χ2v) is 6.89. The van der Waals surface area contributed by atoms with Crippen molar-refractivity contribution in [2.24, 2.45) is 0 Å². The molecule has 0 aliphatic carbocycles. The van der Waals surface area contributed by atoms with Crippen molar-refractivity contribution in [2.45, 2.75) is 17.0 Å². The fraction of sp³-hybridized carbons (Fsp3) is 0.118.